The minimum absolute atomic E-state index is 0.0656. The van der Waals surface area contributed by atoms with Crippen LogP contribution in [0.5, 0.6) is 0 Å². The molecular formula is C14H22F2O3Si. The van der Waals surface area contributed by atoms with Crippen LogP contribution in [-0.4, -0.2) is 29.9 Å². The van der Waals surface area contributed by atoms with Crippen LogP contribution in [0.2, 0.25) is 0 Å². The van der Waals surface area contributed by atoms with Gasteiger partial charge in [-0.05, 0) is 43.9 Å². The van der Waals surface area contributed by atoms with E-state index in [1.165, 1.54) is 12.1 Å². The van der Waals surface area contributed by atoms with Crippen molar-refractivity contribution in [2.45, 2.75) is 38.7 Å². The second kappa shape index (κ2) is 9.18. The summed E-state index contributed by atoms with van der Waals surface area (Å²) in [5.74, 6) is -1.04. The Bertz CT molecular complexity index is 380. The molecule has 114 valence electrons. The maximum Gasteiger partial charge on any atom is 0.483 e. The minimum atomic E-state index is -1.97. The number of unbranched alkanes of at least 4 members (excludes halogenated alkanes) is 1. The number of hydrogen-bond donors (Lipinski definition) is 0. The van der Waals surface area contributed by atoms with Crippen LogP contribution >= 0.6 is 0 Å². The highest BCUT2D eigenvalue weighted by Crippen LogP contribution is 2.13. The van der Waals surface area contributed by atoms with Crippen LogP contribution in [0.15, 0.2) is 18.2 Å². The van der Waals surface area contributed by atoms with Gasteiger partial charge in [-0.25, -0.2) is 8.78 Å². The molecule has 0 radical (unpaired) electrons. The van der Waals surface area contributed by atoms with Gasteiger partial charge in [0.1, 0.15) is 11.6 Å². The van der Waals surface area contributed by atoms with Gasteiger partial charge in [-0.15, -0.1) is 0 Å². The van der Waals surface area contributed by atoms with Gasteiger partial charge < -0.3 is 13.3 Å². The predicted molar refractivity (Wildman–Crippen MR) is 75.6 cm³/mol. The van der Waals surface area contributed by atoms with Gasteiger partial charge in [-0.1, -0.05) is 6.42 Å². The molecule has 0 aliphatic carbocycles. The Morgan fingerprint density at radius 2 is 1.65 bits per heavy atom. The summed E-state index contributed by atoms with van der Waals surface area (Å²) in [5, 5.41) is 0. The summed E-state index contributed by atoms with van der Waals surface area (Å²) in [4.78, 5) is 0. The highest BCUT2D eigenvalue weighted by Gasteiger charge is 2.15. The standard InChI is InChI=1S/C14H22F2O3Si/c1-11(19-20(17-2)18-3)6-4-5-7-12-8-13(15)10-14(16)9-12/h8-11,20H,4-7H2,1-3H3. The molecule has 20 heavy (non-hydrogen) atoms. The molecule has 0 saturated carbocycles. The first kappa shape index (κ1) is 17.2. The van der Waals surface area contributed by atoms with E-state index in [1.807, 2.05) is 6.92 Å². The molecule has 1 aromatic carbocycles. The number of aryl methyl sites for hydroxylation is 1. The van der Waals surface area contributed by atoms with E-state index in [0.717, 1.165) is 25.3 Å². The molecular weight excluding hydrogens is 282 g/mol. The van der Waals surface area contributed by atoms with Crippen LogP contribution in [0.25, 0.3) is 0 Å². The maximum atomic E-state index is 13.0. The smallest absolute Gasteiger partial charge is 0.379 e. The molecule has 0 fully saturated rings. The van der Waals surface area contributed by atoms with Crippen molar-refractivity contribution in [3.8, 4) is 0 Å². The molecule has 0 bridgehead atoms. The van der Waals surface area contributed by atoms with E-state index in [2.05, 4.69) is 0 Å². The fourth-order valence-corrected chi connectivity index (χ4v) is 2.91. The van der Waals surface area contributed by atoms with Gasteiger partial charge in [-0.3, -0.25) is 0 Å². The Morgan fingerprint density at radius 1 is 1.05 bits per heavy atom. The van der Waals surface area contributed by atoms with Crippen LogP contribution in [0.4, 0.5) is 8.78 Å². The predicted octanol–water partition coefficient (Wildman–Crippen LogP) is 3.09. The molecule has 0 aliphatic heterocycles. The first-order valence-corrected chi connectivity index (χ1v) is 8.12. The molecule has 3 nitrogen and oxygen atoms in total. The van der Waals surface area contributed by atoms with Crippen LogP contribution in [0.3, 0.4) is 0 Å². The highest BCUT2D eigenvalue weighted by atomic mass is 28.3. The Labute approximate surface area is 120 Å². The van der Waals surface area contributed by atoms with E-state index < -0.39 is 21.2 Å². The second-order valence-electron chi connectivity index (χ2n) is 4.73. The van der Waals surface area contributed by atoms with Crippen molar-refractivity contribution in [1.82, 2.24) is 0 Å². The third-order valence-corrected chi connectivity index (χ3v) is 4.43. The summed E-state index contributed by atoms with van der Waals surface area (Å²) in [6, 6.07) is 3.64. The van der Waals surface area contributed by atoms with Crippen molar-refractivity contribution < 1.29 is 22.1 Å². The molecule has 0 spiro atoms. The van der Waals surface area contributed by atoms with Gasteiger partial charge in [0.15, 0.2) is 0 Å². The minimum Gasteiger partial charge on any atom is -0.379 e. The van der Waals surface area contributed by atoms with E-state index in [-0.39, 0.29) is 6.10 Å². The van der Waals surface area contributed by atoms with Crippen molar-refractivity contribution >= 4 is 9.53 Å². The zero-order valence-electron chi connectivity index (χ0n) is 12.2. The van der Waals surface area contributed by atoms with Gasteiger partial charge in [0.2, 0.25) is 0 Å². The monoisotopic (exact) mass is 304 g/mol. The van der Waals surface area contributed by atoms with Crippen LogP contribution < -0.4 is 0 Å². The number of halogens is 2. The quantitative estimate of drug-likeness (QED) is 0.518. The van der Waals surface area contributed by atoms with Gasteiger partial charge in [0.25, 0.3) is 0 Å². The highest BCUT2D eigenvalue weighted by molar-refractivity contribution is 6.36. The summed E-state index contributed by atoms with van der Waals surface area (Å²) >= 11 is 0. The molecule has 0 amide bonds. The van der Waals surface area contributed by atoms with Crippen molar-refractivity contribution in [3.05, 3.63) is 35.4 Å². The average Bonchev–Trinajstić information content (AvgIpc) is 2.40. The van der Waals surface area contributed by atoms with E-state index in [1.54, 1.807) is 14.2 Å². The lowest BCUT2D eigenvalue weighted by molar-refractivity contribution is 0.0893. The zero-order valence-corrected chi connectivity index (χ0v) is 13.4. The van der Waals surface area contributed by atoms with Gasteiger partial charge in [-0.2, -0.15) is 0 Å². The summed E-state index contributed by atoms with van der Waals surface area (Å²) in [5.41, 5.74) is 0.692. The normalized spacial score (nSPS) is 12.9. The molecule has 0 heterocycles. The molecule has 1 unspecified atom stereocenters. The molecule has 1 atom stereocenters. The lowest BCUT2D eigenvalue weighted by Gasteiger charge is -2.17. The lowest BCUT2D eigenvalue weighted by atomic mass is 10.1. The summed E-state index contributed by atoms with van der Waals surface area (Å²) < 4.78 is 41.8. The van der Waals surface area contributed by atoms with E-state index >= 15 is 0 Å². The Kier molecular flexibility index (Phi) is 7.90. The maximum absolute atomic E-state index is 13.0. The zero-order chi connectivity index (χ0) is 15.0. The Balaban J connectivity index is 2.24. The Hall–Kier alpha value is -0.823. The average molecular weight is 304 g/mol. The molecule has 0 N–H and O–H groups in total. The number of hydrogen-bond acceptors (Lipinski definition) is 3. The second-order valence-corrected chi connectivity index (χ2v) is 6.52. The third kappa shape index (κ3) is 6.56. The topological polar surface area (TPSA) is 27.7 Å². The van der Waals surface area contributed by atoms with E-state index in [0.29, 0.717) is 12.0 Å². The summed E-state index contributed by atoms with van der Waals surface area (Å²) in [6.07, 6.45) is 3.39. The van der Waals surface area contributed by atoms with Crippen LogP contribution in [0, 0.1) is 11.6 Å². The molecule has 0 aliphatic rings. The fourth-order valence-electron chi connectivity index (χ4n) is 1.98. The van der Waals surface area contributed by atoms with E-state index in [4.69, 9.17) is 13.3 Å². The summed E-state index contributed by atoms with van der Waals surface area (Å²) in [6.45, 7) is 1.97. The molecule has 0 aromatic heterocycles. The van der Waals surface area contributed by atoms with Crippen LogP contribution in [0.1, 0.15) is 31.7 Å². The summed E-state index contributed by atoms with van der Waals surface area (Å²) in [7, 11) is 1.18. The van der Waals surface area contributed by atoms with Crippen molar-refractivity contribution in [3.63, 3.8) is 0 Å². The van der Waals surface area contributed by atoms with Crippen molar-refractivity contribution in [1.29, 1.82) is 0 Å². The molecule has 6 heteroatoms. The molecule has 0 saturated heterocycles. The van der Waals surface area contributed by atoms with Crippen LogP contribution in [-0.2, 0) is 19.7 Å². The number of rotatable bonds is 9. The van der Waals surface area contributed by atoms with E-state index in [9.17, 15) is 8.78 Å². The van der Waals surface area contributed by atoms with Crippen molar-refractivity contribution in [2.75, 3.05) is 14.2 Å². The fraction of sp³-hybridized carbons (Fsp3) is 0.571. The van der Waals surface area contributed by atoms with Gasteiger partial charge >= 0.3 is 9.53 Å². The lowest BCUT2D eigenvalue weighted by Crippen LogP contribution is -2.28. The molecule has 1 aromatic rings. The first-order chi connectivity index (χ1) is 9.55. The third-order valence-electron chi connectivity index (χ3n) is 2.98. The number of benzene rings is 1. The van der Waals surface area contributed by atoms with Gasteiger partial charge in [0.05, 0.1) is 0 Å². The first-order valence-electron chi connectivity index (χ1n) is 6.71. The van der Waals surface area contributed by atoms with Gasteiger partial charge in [0, 0.05) is 26.4 Å². The Morgan fingerprint density at radius 3 is 2.20 bits per heavy atom. The largest absolute Gasteiger partial charge is 0.483 e. The van der Waals surface area contributed by atoms with Crippen molar-refractivity contribution in [2.24, 2.45) is 0 Å². The molecule has 1 rings (SSSR count). The SMILES string of the molecule is CO[SiH](OC)OC(C)CCCCc1cc(F)cc(F)c1.